The number of nitrogens with zero attached hydrogens (tertiary/aromatic N) is 1. The normalized spacial score (nSPS) is 20.9. The predicted molar refractivity (Wildman–Crippen MR) is 106 cm³/mol. The van der Waals surface area contributed by atoms with Crippen molar-refractivity contribution >= 4 is 23.5 Å². The summed E-state index contributed by atoms with van der Waals surface area (Å²) < 4.78 is 0. The second-order valence-electron chi connectivity index (χ2n) is 7.70. The number of urea groups is 1. The van der Waals surface area contributed by atoms with Crippen LogP contribution < -0.4 is 10.6 Å². The number of carbonyl (C=O) groups excluding carboxylic acids is 3. The lowest BCUT2D eigenvalue weighted by molar-refractivity contribution is -0.133. The Balaban J connectivity index is 1.50. The Labute approximate surface area is 163 Å². The fourth-order valence-electron chi connectivity index (χ4n) is 3.90. The van der Waals surface area contributed by atoms with Gasteiger partial charge in [0.1, 0.15) is 12.1 Å². The second kappa shape index (κ2) is 6.78. The molecular weight excluding hydrogens is 354 g/mol. The van der Waals surface area contributed by atoms with Crippen LogP contribution in [0.25, 0.3) is 0 Å². The smallest absolute Gasteiger partial charge is 0.325 e. The van der Waals surface area contributed by atoms with E-state index in [-0.39, 0.29) is 6.54 Å². The van der Waals surface area contributed by atoms with Gasteiger partial charge in [-0.05, 0) is 61.9 Å². The van der Waals surface area contributed by atoms with Gasteiger partial charge in [0, 0.05) is 5.69 Å². The van der Waals surface area contributed by atoms with E-state index >= 15 is 0 Å². The van der Waals surface area contributed by atoms with Crippen LogP contribution in [0.3, 0.4) is 0 Å². The van der Waals surface area contributed by atoms with Crippen LogP contribution in [0.2, 0.25) is 0 Å². The maximum Gasteiger partial charge on any atom is 0.325 e. The van der Waals surface area contributed by atoms with E-state index in [1.165, 1.54) is 11.1 Å². The lowest BCUT2D eigenvalue weighted by atomic mass is 9.89. The molecule has 1 atom stereocenters. The number of benzene rings is 2. The first-order chi connectivity index (χ1) is 13.4. The van der Waals surface area contributed by atoms with Crippen molar-refractivity contribution in [2.24, 2.45) is 0 Å². The number of anilines is 1. The van der Waals surface area contributed by atoms with Crippen molar-refractivity contribution < 1.29 is 14.4 Å². The van der Waals surface area contributed by atoms with Crippen molar-refractivity contribution in [1.82, 2.24) is 10.2 Å². The van der Waals surface area contributed by atoms with E-state index in [4.69, 9.17) is 0 Å². The van der Waals surface area contributed by atoms with E-state index in [1.54, 1.807) is 19.1 Å². The van der Waals surface area contributed by atoms with Crippen LogP contribution in [0.4, 0.5) is 10.5 Å². The highest BCUT2D eigenvalue weighted by atomic mass is 16.2. The molecule has 28 heavy (non-hydrogen) atoms. The Hall–Kier alpha value is -3.15. The van der Waals surface area contributed by atoms with Crippen molar-refractivity contribution in [3.63, 3.8) is 0 Å². The summed E-state index contributed by atoms with van der Waals surface area (Å²) in [6.45, 7) is 3.33. The van der Waals surface area contributed by atoms with Gasteiger partial charge < -0.3 is 10.6 Å². The SMILES string of the molecule is Cc1ccc(NC(=O)CN2C(=O)N[C@@](C)(c3ccc4c(c3)CCC4)C2=O)cc1. The number of imide groups is 1. The Morgan fingerprint density at radius 1 is 1.11 bits per heavy atom. The quantitative estimate of drug-likeness (QED) is 0.804. The maximum absolute atomic E-state index is 13.0. The number of fused-ring (bicyclic) bond motifs is 1. The molecule has 0 radical (unpaired) electrons. The number of nitrogens with one attached hydrogen (secondary N) is 2. The van der Waals surface area contributed by atoms with Crippen molar-refractivity contribution in [2.75, 3.05) is 11.9 Å². The third-order valence-corrected chi connectivity index (χ3v) is 5.59. The molecule has 6 heteroatoms. The third kappa shape index (κ3) is 3.15. The lowest BCUT2D eigenvalue weighted by Crippen LogP contribution is -2.42. The molecule has 0 spiro atoms. The molecule has 2 aromatic rings. The van der Waals surface area contributed by atoms with Gasteiger partial charge in [0.25, 0.3) is 5.91 Å². The minimum absolute atomic E-state index is 0.320. The fraction of sp³-hybridized carbons (Fsp3) is 0.318. The summed E-state index contributed by atoms with van der Waals surface area (Å²) in [5.74, 6) is -0.819. The maximum atomic E-state index is 13.0. The molecule has 6 nitrogen and oxygen atoms in total. The van der Waals surface area contributed by atoms with Crippen LogP contribution in [0, 0.1) is 6.92 Å². The minimum atomic E-state index is -1.15. The number of hydrogen-bond acceptors (Lipinski definition) is 3. The minimum Gasteiger partial charge on any atom is -0.325 e. The van der Waals surface area contributed by atoms with Gasteiger partial charge in [-0.3, -0.25) is 14.5 Å². The predicted octanol–water partition coefficient (Wildman–Crippen LogP) is 2.89. The summed E-state index contributed by atoms with van der Waals surface area (Å²) in [7, 11) is 0. The molecule has 1 aliphatic heterocycles. The molecule has 0 unspecified atom stereocenters. The summed E-state index contributed by atoms with van der Waals surface area (Å²) in [4.78, 5) is 38.8. The van der Waals surface area contributed by atoms with Crippen LogP contribution in [0.5, 0.6) is 0 Å². The summed E-state index contributed by atoms with van der Waals surface area (Å²) in [5, 5.41) is 5.50. The summed E-state index contributed by atoms with van der Waals surface area (Å²) in [6.07, 6.45) is 3.16. The summed E-state index contributed by atoms with van der Waals surface area (Å²) >= 11 is 0. The Morgan fingerprint density at radius 2 is 1.82 bits per heavy atom. The van der Waals surface area contributed by atoms with Crippen LogP contribution in [0.1, 0.15) is 35.6 Å². The molecule has 2 N–H and O–H groups in total. The van der Waals surface area contributed by atoms with Crippen LogP contribution >= 0.6 is 0 Å². The molecule has 144 valence electrons. The highest BCUT2D eigenvalue weighted by Gasteiger charge is 2.49. The van der Waals surface area contributed by atoms with Gasteiger partial charge in [-0.2, -0.15) is 0 Å². The first kappa shape index (κ1) is 18.2. The van der Waals surface area contributed by atoms with E-state index in [2.05, 4.69) is 10.6 Å². The van der Waals surface area contributed by atoms with E-state index in [1.807, 2.05) is 37.3 Å². The highest BCUT2D eigenvalue weighted by molar-refractivity contribution is 6.10. The third-order valence-electron chi connectivity index (χ3n) is 5.59. The molecule has 0 saturated carbocycles. The lowest BCUT2D eigenvalue weighted by Gasteiger charge is -2.23. The zero-order valence-corrected chi connectivity index (χ0v) is 16.0. The monoisotopic (exact) mass is 377 g/mol. The van der Waals surface area contributed by atoms with Gasteiger partial charge in [-0.15, -0.1) is 0 Å². The first-order valence-corrected chi connectivity index (χ1v) is 9.50. The Kier molecular flexibility index (Phi) is 4.41. The standard InChI is InChI=1S/C22H23N3O3/c1-14-6-10-18(11-7-14)23-19(26)13-25-20(27)22(2,24-21(25)28)17-9-8-15-4-3-5-16(15)12-17/h6-12H,3-5,13H2,1-2H3,(H,23,26)(H,24,28)/t22-/m0/s1. The topological polar surface area (TPSA) is 78.5 Å². The Bertz CT molecular complexity index is 967. The molecule has 1 heterocycles. The molecule has 0 aromatic heterocycles. The number of aryl methyl sites for hydroxylation is 3. The van der Waals surface area contributed by atoms with Crippen LogP contribution in [-0.2, 0) is 28.0 Å². The molecule has 1 fully saturated rings. The molecule has 2 aromatic carbocycles. The van der Waals surface area contributed by atoms with Gasteiger partial charge in [-0.1, -0.05) is 35.9 Å². The number of rotatable bonds is 4. The van der Waals surface area contributed by atoms with Crippen LogP contribution in [-0.4, -0.2) is 29.3 Å². The van der Waals surface area contributed by atoms with Gasteiger partial charge >= 0.3 is 6.03 Å². The average Bonchev–Trinajstić information content (AvgIpc) is 3.22. The number of hydrogen-bond donors (Lipinski definition) is 2. The van der Waals surface area contributed by atoms with Gasteiger partial charge in [-0.25, -0.2) is 4.79 Å². The zero-order chi connectivity index (χ0) is 19.9. The van der Waals surface area contributed by atoms with Crippen molar-refractivity contribution in [3.05, 3.63) is 64.7 Å². The van der Waals surface area contributed by atoms with Crippen LogP contribution in [0.15, 0.2) is 42.5 Å². The largest absolute Gasteiger partial charge is 0.325 e. The van der Waals surface area contributed by atoms with Gasteiger partial charge in [0.15, 0.2) is 0 Å². The average molecular weight is 377 g/mol. The molecule has 1 aliphatic carbocycles. The molecule has 2 aliphatic rings. The van der Waals surface area contributed by atoms with E-state index in [0.29, 0.717) is 5.69 Å². The van der Waals surface area contributed by atoms with E-state index in [0.717, 1.165) is 35.3 Å². The fourth-order valence-corrected chi connectivity index (χ4v) is 3.90. The molecule has 1 saturated heterocycles. The van der Waals surface area contributed by atoms with Crippen molar-refractivity contribution in [3.8, 4) is 0 Å². The van der Waals surface area contributed by atoms with E-state index in [9.17, 15) is 14.4 Å². The number of carbonyl (C=O) groups is 3. The molecule has 4 rings (SSSR count). The first-order valence-electron chi connectivity index (χ1n) is 9.50. The summed E-state index contributed by atoms with van der Waals surface area (Å²) in [6, 6.07) is 12.7. The Morgan fingerprint density at radius 3 is 2.57 bits per heavy atom. The number of amides is 4. The molecule has 4 amide bonds. The van der Waals surface area contributed by atoms with Crippen molar-refractivity contribution in [2.45, 2.75) is 38.6 Å². The summed E-state index contributed by atoms with van der Waals surface area (Å²) in [5.41, 5.74) is 3.85. The highest BCUT2D eigenvalue weighted by Crippen LogP contribution is 2.32. The van der Waals surface area contributed by atoms with Crippen molar-refractivity contribution in [1.29, 1.82) is 0 Å². The molecule has 0 bridgehead atoms. The molecular formula is C22H23N3O3. The van der Waals surface area contributed by atoms with E-state index < -0.39 is 23.4 Å². The van der Waals surface area contributed by atoms with Gasteiger partial charge in [0.05, 0.1) is 0 Å². The van der Waals surface area contributed by atoms with Gasteiger partial charge in [0.2, 0.25) is 5.91 Å². The second-order valence-corrected chi connectivity index (χ2v) is 7.70. The zero-order valence-electron chi connectivity index (χ0n) is 16.0.